The molecule has 7 atom stereocenters. The van der Waals surface area contributed by atoms with Crippen molar-refractivity contribution in [2.24, 2.45) is 11.8 Å². The molecular formula is C60H57N7O11. The van der Waals surface area contributed by atoms with E-state index >= 15 is 19.2 Å². The van der Waals surface area contributed by atoms with Crippen molar-refractivity contribution in [3.05, 3.63) is 185 Å². The summed E-state index contributed by atoms with van der Waals surface area (Å²) in [4.78, 5) is 106. The number of hydrogen-bond donors (Lipinski definition) is 2. The summed E-state index contributed by atoms with van der Waals surface area (Å²) in [5.41, 5.74) is 1.20. The summed E-state index contributed by atoms with van der Waals surface area (Å²) in [5, 5.41) is 12.8. The van der Waals surface area contributed by atoms with Gasteiger partial charge in [0, 0.05) is 50.6 Å². The van der Waals surface area contributed by atoms with Crippen LogP contribution in [0.1, 0.15) is 71.0 Å². The number of amides is 4. The van der Waals surface area contributed by atoms with E-state index in [0.717, 1.165) is 30.2 Å². The number of aliphatic hydroxyl groups excluding tert-OH is 1. The van der Waals surface area contributed by atoms with E-state index in [1.807, 2.05) is 101 Å². The Balaban J connectivity index is 1.23. The molecule has 4 amide bonds. The molecule has 78 heavy (non-hydrogen) atoms. The molecule has 0 radical (unpaired) electrons. The topological polar surface area (TPSA) is 210 Å². The van der Waals surface area contributed by atoms with Crippen LogP contribution in [-0.4, -0.2) is 120 Å². The number of piperazine rings is 1. The van der Waals surface area contributed by atoms with Crippen LogP contribution >= 0.6 is 0 Å². The molecule has 0 unspecified atom stereocenters. The first-order valence-electron chi connectivity index (χ1n) is 25.7. The number of fused-ring (bicyclic) bond motifs is 3. The molecule has 18 nitrogen and oxygen atoms in total. The number of esters is 3. The van der Waals surface area contributed by atoms with E-state index in [2.05, 4.69) is 27.1 Å². The molecular weight excluding hydrogens is 995 g/mol. The molecule has 1 aromatic heterocycles. The van der Waals surface area contributed by atoms with Gasteiger partial charge in [-0.3, -0.25) is 28.9 Å². The number of carbonyl (C=O) groups is 6. The number of cyclic esters (lactones) is 1. The van der Waals surface area contributed by atoms with Gasteiger partial charge in [0.25, 0.3) is 0 Å². The first-order valence-corrected chi connectivity index (χ1v) is 25.7. The number of nitrogens with zero attached hydrogens (tertiary/aromatic N) is 6. The normalized spacial score (nSPS) is 21.9. The third kappa shape index (κ3) is 9.67. The Labute approximate surface area is 450 Å². The Morgan fingerprint density at radius 2 is 1.40 bits per heavy atom. The lowest BCUT2D eigenvalue weighted by atomic mass is 9.64. The van der Waals surface area contributed by atoms with E-state index in [1.54, 1.807) is 72.7 Å². The van der Waals surface area contributed by atoms with Crippen molar-refractivity contribution in [3.8, 4) is 17.6 Å². The quantitative estimate of drug-likeness (QED) is 0.0585. The van der Waals surface area contributed by atoms with Crippen LogP contribution in [0.4, 0.5) is 16.4 Å². The number of methoxy groups -OCH3 is 2. The van der Waals surface area contributed by atoms with Gasteiger partial charge >= 0.3 is 23.9 Å². The Kier molecular flexibility index (Phi) is 15.3. The van der Waals surface area contributed by atoms with E-state index in [0.29, 0.717) is 41.5 Å². The lowest BCUT2D eigenvalue weighted by Gasteiger charge is -2.46. The molecule has 3 fully saturated rings. The molecule has 5 heterocycles. The summed E-state index contributed by atoms with van der Waals surface area (Å²) >= 11 is 0. The van der Waals surface area contributed by atoms with Gasteiger partial charge in [0.15, 0.2) is 5.92 Å². The second-order valence-corrected chi connectivity index (χ2v) is 19.3. The minimum Gasteiger partial charge on any atom is -0.491 e. The standard InChI is InChI=1S/C60H57N7O11/c1-38(40-16-7-4-8-17-40)63-59(74)66-47-28-23-39(15-13-22-45(54(70)75-2)55(71)76-3)37-46(47)60(57(66)73)48(53(69)64-31-33-65(34-32-64)58-61-29-14-30-62-58)50-56(72)78-51(42-20-11-6-12-21-42)49(41-18-9-5-10-19-41)67(50)52(60)43-24-26-44(27-25-43)77-36-35-68/h4-12,14,16-21,23-30,37-38,45,48-52,68H,22,31-36H2,1-3H3,(H,63,74)/t38-,48+,49+,50+,51-,52-,60+/m1/s1. The summed E-state index contributed by atoms with van der Waals surface area (Å²) in [5.74, 6) is 0.235. The lowest BCUT2D eigenvalue weighted by molar-refractivity contribution is -0.179. The highest BCUT2D eigenvalue weighted by Crippen LogP contribution is 2.66. The fraction of sp³-hybridized carbons (Fsp3) is 0.300. The number of aromatic nitrogens is 2. The third-order valence-electron chi connectivity index (χ3n) is 15.1. The summed E-state index contributed by atoms with van der Waals surface area (Å²) in [6.45, 7) is 2.53. The van der Waals surface area contributed by atoms with E-state index < -0.39 is 83.3 Å². The summed E-state index contributed by atoms with van der Waals surface area (Å²) in [6, 6.07) is 36.7. The Morgan fingerprint density at radius 1 is 0.769 bits per heavy atom. The fourth-order valence-corrected chi connectivity index (χ4v) is 11.5. The van der Waals surface area contributed by atoms with Crippen molar-refractivity contribution in [2.45, 2.75) is 49.0 Å². The van der Waals surface area contributed by atoms with Gasteiger partial charge in [-0.25, -0.2) is 19.7 Å². The number of benzene rings is 5. The van der Waals surface area contributed by atoms with Crippen LogP contribution in [0, 0.1) is 23.7 Å². The predicted molar refractivity (Wildman–Crippen MR) is 284 cm³/mol. The highest BCUT2D eigenvalue weighted by molar-refractivity contribution is 6.24. The smallest absolute Gasteiger partial charge is 0.329 e. The van der Waals surface area contributed by atoms with Crippen molar-refractivity contribution in [1.29, 1.82) is 0 Å². The molecule has 6 aromatic rings. The average molecular weight is 1050 g/mol. The molecule has 0 aliphatic carbocycles. The number of imide groups is 1. The molecule has 10 rings (SSSR count). The van der Waals surface area contributed by atoms with Gasteiger partial charge in [-0.15, -0.1) is 0 Å². The zero-order valence-electron chi connectivity index (χ0n) is 43.1. The number of nitrogens with one attached hydrogen (secondary N) is 1. The van der Waals surface area contributed by atoms with Crippen LogP contribution in [0.3, 0.4) is 0 Å². The highest BCUT2D eigenvalue weighted by atomic mass is 16.6. The Hall–Kier alpha value is -8.92. The molecule has 18 heteroatoms. The van der Waals surface area contributed by atoms with Crippen LogP contribution in [0.25, 0.3) is 0 Å². The van der Waals surface area contributed by atoms with Crippen molar-refractivity contribution in [2.75, 3.05) is 63.4 Å². The van der Waals surface area contributed by atoms with Gasteiger partial charge in [0.2, 0.25) is 17.8 Å². The predicted octanol–water partition coefficient (Wildman–Crippen LogP) is 6.04. The minimum atomic E-state index is -2.12. The maximum atomic E-state index is 16.9. The number of rotatable bonds is 13. The maximum absolute atomic E-state index is 16.9. The van der Waals surface area contributed by atoms with Crippen molar-refractivity contribution in [1.82, 2.24) is 25.1 Å². The zero-order chi connectivity index (χ0) is 54.5. The number of aliphatic hydroxyl groups is 1. The summed E-state index contributed by atoms with van der Waals surface area (Å²) < 4.78 is 22.3. The Bertz CT molecular complexity index is 3230. The minimum absolute atomic E-state index is 0.00296. The van der Waals surface area contributed by atoms with Gasteiger partial charge < -0.3 is 39.2 Å². The second-order valence-electron chi connectivity index (χ2n) is 19.3. The molecule has 0 saturated carbocycles. The average Bonchev–Trinajstić information content (AvgIpc) is 4.06. The summed E-state index contributed by atoms with van der Waals surface area (Å²) in [7, 11) is 2.31. The molecule has 4 aliphatic heterocycles. The fourth-order valence-electron chi connectivity index (χ4n) is 11.5. The van der Waals surface area contributed by atoms with Crippen LogP contribution in [-0.2, 0) is 43.6 Å². The highest BCUT2D eigenvalue weighted by Gasteiger charge is 2.76. The third-order valence-corrected chi connectivity index (χ3v) is 15.1. The lowest BCUT2D eigenvalue weighted by Crippen LogP contribution is -2.59. The summed E-state index contributed by atoms with van der Waals surface area (Å²) in [6.07, 6.45) is 2.03. The number of ether oxygens (including phenoxy) is 4. The molecule has 2 N–H and O–H groups in total. The SMILES string of the molecule is COC(=O)C(CC#Cc1ccc2c(c1)[C@]1(C(=O)N2C(=O)N[C@H](C)c2ccccc2)[C@H](C(=O)N2CCN(c3ncccn3)CC2)[C@H]2C(=O)O[C@H](c3ccccc3)[C@H](c3ccccc3)N2[C@@H]1c1ccc(OCCO)cc1)C(=O)OC. The van der Waals surface area contributed by atoms with Crippen LogP contribution < -0.4 is 19.9 Å². The molecule has 0 bridgehead atoms. The van der Waals surface area contributed by atoms with E-state index in [4.69, 9.17) is 18.9 Å². The van der Waals surface area contributed by atoms with Gasteiger partial charge in [-0.1, -0.05) is 115 Å². The van der Waals surface area contributed by atoms with Gasteiger partial charge in [0.05, 0.1) is 50.6 Å². The first kappa shape index (κ1) is 52.5. The van der Waals surface area contributed by atoms with E-state index in [-0.39, 0.29) is 44.0 Å². The number of carbonyl (C=O) groups excluding carboxylic acids is 6. The molecule has 3 saturated heterocycles. The monoisotopic (exact) mass is 1050 g/mol. The van der Waals surface area contributed by atoms with Crippen molar-refractivity contribution < 1.29 is 52.8 Å². The molecule has 1 spiro atoms. The zero-order valence-corrected chi connectivity index (χ0v) is 43.1. The molecule has 4 aliphatic rings. The first-order chi connectivity index (χ1) is 38.0. The maximum Gasteiger partial charge on any atom is 0.329 e. The molecule has 398 valence electrons. The Morgan fingerprint density at radius 3 is 2.03 bits per heavy atom. The van der Waals surface area contributed by atoms with Crippen LogP contribution in [0.5, 0.6) is 5.75 Å². The van der Waals surface area contributed by atoms with Gasteiger partial charge in [0.1, 0.15) is 29.9 Å². The van der Waals surface area contributed by atoms with Crippen LogP contribution in [0.15, 0.2) is 152 Å². The largest absolute Gasteiger partial charge is 0.491 e. The van der Waals surface area contributed by atoms with E-state index in [9.17, 15) is 14.7 Å². The second kappa shape index (κ2) is 22.7. The van der Waals surface area contributed by atoms with Crippen molar-refractivity contribution >= 4 is 47.4 Å². The number of morpholine rings is 1. The number of anilines is 2. The van der Waals surface area contributed by atoms with Crippen LogP contribution in [0.2, 0.25) is 0 Å². The van der Waals surface area contributed by atoms with E-state index in [1.165, 1.54) is 0 Å². The number of urea groups is 1. The molecule has 5 aromatic carbocycles. The van der Waals surface area contributed by atoms with Gasteiger partial charge in [-0.2, -0.15) is 0 Å². The number of hydrogen-bond acceptors (Lipinski definition) is 15. The van der Waals surface area contributed by atoms with Gasteiger partial charge in [-0.05, 0) is 71.1 Å². The van der Waals surface area contributed by atoms with Crippen molar-refractivity contribution in [3.63, 3.8) is 0 Å².